The third kappa shape index (κ3) is 3.12. The van der Waals surface area contributed by atoms with Crippen molar-refractivity contribution in [1.82, 2.24) is 9.97 Å². The Morgan fingerprint density at radius 1 is 1.35 bits per heavy atom. The molecule has 0 unspecified atom stereocenters. The van der Waals surface area contributed by atoms with Gasteiger partial charge in [0, 0.05) is 6.54 Å². The van der Waals surface area contributed by atoms with Crippen LogP contribution in [-0.2, 0) is 0 Å². The molecular formula is C12H18FN3O. The summed E-state index contributed by atoms with van der Waals surface area (Å²) in [6, 6.07) is 0. The van der Waals surface area contributed by atoms with Crippen molar-refractivity contribution >= 4 is 5.82 Å². The monoisotopic (exact) mass is 239 g/mol. The highest BCUT2D eigenvalue weighted by Crippen LogP contribution is 2.24. The Hall–Kier alpha value is -1.23. The number of aliphatic hydroxyl groups excluding tert-OH is 1. The molecule has 0 atom stereocenters. The van der Waals surface area contributed by atoms with Crippen molar-refractivity contribution in [3.8, 4) is 0 Å². The van der Waals surface area contributed by atoms with E-state index in [1.165, 1.54) is 6.33 Å². The Labute approximate surface area is 100 Å². The Bertz CT molecular complexity index is 378. The van der Waals surface area contributed by atoms with Crippen molar-refractivity contribution in [3.05, 3.63) is 17.8 Å². The van der Waals surface area contributed by atoms with E-state index in [0.717, 1.165) is 25.7 Å². The number of aromatic nitrogens is 2. The fourth-order valence-corrected chi connectivity index (χ4v) is 2.17. The maximum atomic E-state index is 13.6. The minimum absolute atomic E-state index is 0.149. The maximum Gasteiger partial charge on any atom is 0.186 e. The highest BCUT2D eigenvalue weighted by molar-refractivity contribution is 5.36. The second-order valence-corrected chi connectivity index (χ2v) is 4.68. The molecule has 0 bridgehead atoms. The normalized spacial score (nSPS) is 24.6. The summed E-state index contributed by atoms with van der Waals surface area (Å²) in [5.41, 5.74) is 0.363. The summed E-state index contributed by atoms with van der Waals surface area (Å²) in [6.45, 7) is 2.33. The number of nitrogens with one attached hydrogen (secondary N) is 1. The molecule has 4 nitrogen and oxygen atoms in total. The third-order valence-electron chi connectivity index (χ3n) is 3.34. The lowest BCUT2D eigenvalue weighted by atomic mass is 9.87. The van der Waals surface area contributed by atoms with Crippen LogP contribution >= 0.6 is 0 Å². The minimum atomic E-state index is -0.372. The van der Waals surface area contributed by atoms with E-state index in [1.54, 1.807) is 6.92 Å². The van der Waals surface area contributed by atoms with Crippen molar-refractivity contribution < 1.29 is 9.50 Å². The molecule has 0 aromatic carbocycles. The Balaban J connectivity index is 1.87. The zero-order valence-corrected chi connectivity index (χ0v) is 9.99. The molecule has 2 N–H and O–H groups in total. The third-order valence-corrected chi connectivity index (χ3v) is 3.34. The van der Waals surface area contributed by atoms with Crippen molar-refractivity contribution in [1.29, 1.82) is 0 Å². The van der Waals surface area contributed by atoms with Crippen LogP contribution < -0.4 is 5.32 Å². The molecule has 2 rings (SSSR count). The minimum Gasteiger partial charge on any atom is -0.393 e. The SMILES string of the molecule is Cc1ncnc(NCC2CCC(O)CC2)c1F. The fraction of sp³-hybridized carbons (Fsp3) is 0.667. The summed E-state index contributed by atoms with van der Waals surface area (Å²) >= 11 is 0. The Kier molecular flexibility index (Phi) is 3.89. The lowest BCUT2D eigenvalue weighted by Crippen LogP contribution is -2.24. The molecule has 94 valence electrons. The zero-order chi connectivity index (χ0) is 12.3. The summed E-state index contributed by atoms with van der Waals surface area (Å²) in [5, 5.41) is 12.4. The molecule has 1 aliphatic rings. The van der Waals surface area contributed by atoms with Gasteiger partial charge in [-0.1, -0.05) is 0 Å². The molecule has 17 heavy (non-hydrogen) atoms. The van der Waals surface area contributed by atoms with Gasteiger partial charge >= 0.3 is 0 Å². The average Bonchev–Trinajstić information content (AvgIpc) is 2.33. The van der Waals surface area contributed by atoms with Crippen molar-refractivity contribution in [2.75, 3.05) is 11.9 Å². The summed E-state index contributed by atoms with van der Waals surface area (Å²) in [6.07, 6.45) is 4.88. The van der Waals surface area contributed by atoms with Gasteiger partial charge in [-0.05, 0) is 38.5 Å². The number of halogens is 1. The van der Waals surface area contributed by atoms with Gasteiger partial charge in [-0.2, -0.15) is 0 Å². The van der Waals surface area contributed by atoms with E-state index in [-0.39, 0.29) is 17.7 Å². The number of hydrogen-bond acceptors (Lipinski definition) is 4. The molecule has 0 aliphatic heterocycles. The molecule has 0 amide bonds. The summed E-state index contributed by atoms with van der Waals surface area (Å²) in [7, 11) is 0. The van der Waals surface area contributed by atoms with Crippen LogP contribution in [0.3, 0.4) is 0 Å². The fourth-order valence-electron chi connectivity index (χ4n) is 2.17. The van der Waals surface area contributed by atoms with Crippen LogP contribution in [0.25, 0.3) is 0 Å². The smallest absolute Gasteiger partial charge is 0.186 e. The van der Waals surface area contributed by atoms with Crippen LogP contribution in [0.1, 0.15) is 31.4 Å². The van der Waals surface area contributed by atoms with E-state index in [0.29, 0.717) is 18.2 Å². The van der Waals surface area contributed by atoms with E-state index in [1.807, 2.05) is 0 Å². The van der Waals surface area contributed by atoms with Gasteiger partial charge in [0.15, 0.2) is 11.6 Å². The first-order chi connectivity index (χ1) is 8.16. The van der Waals surface area contributed by atoms with Crippen LogP contribution in [0.15, 0.2) is 6.33 Å². The quantitative estimate of drug-likeness (QED) is 0.845. The van der Waals surface area contributed by atoms with E-state index in [9.17, 15) is 9.50 Å². The molecule has 0 spiro atoms. The summed E-state index contributed by atoms with van der Waals surface area (Å²) < 4.78 is 13.6. The standard InChI is InChI=1S/C12H18FN3O/c1-8-11(13)12(16-7-15-8)14-6-9-2-4-10(17)5-3-9/h7,9-10,17H,2-6H2,1H3,(H,14,15,16). The average molecular weight is 239 g/mol. The molecule has 1 saturated carbocycles. The van der Waals surface area contributed by atoms with Crippen molar-refractivity contribution in [2.45, 2.75) is 38.7 Å². The molecule has 0 saturated heterocycles. The topological polar surface area (TPSA) is 58.0 Å². The van der Waals surface area contributed by atoms with Gasteiger partial charge in [-0.25, -0.2) is 14.4 Å². The molecule has 0 radical (unpaired) electrons. The molecule has 1 aliphatic carbocycles. The number of rotatable bonds is 3. The Morgan fingerprint density at radius 3 is 2.76 bits per heavy atom. The van der Waals surface area contributed by atoms with Crippen LogP contribution in [-0.4, -0.2) is 27.7 Å². The van der Waals surface area contributed by atoms with Crippen LogP contribution in [0.4, 0.5) is 10.2 Å². The van der Waals surface area contributed by atoms with E-state index >= 15 is 0 Å². The molecule has 1 aromatic heterocycles. The zero-order valence-electron chi connectivity index (χ0n) is 9.99. The predicted molar refractivity (Wildman–Crippen MR) is 63.2 cm³/mol. The second-order valence-electron chi connectivity index (χ2n) is 4.68. The molecule has 1 heterocycles. The summed E-state index contributed by atoms with van der Waals surface area (Å²) in [4.78, 5) is 7.68. The largest absolute Gasteiger partial charge is 0.393 e. The van der Waals surface area contributed by atoms with Crippen LogP contribution in [0.2, 0.25) is 0 Å². The lowest BCUT2D eigenvalue weighted by molar-refractivity contribution is 0.111. The molecular weight excluding hydrogens is 221 g/mol. The summed E-state index contributed by atoms with van der Waals surface area (Å²) in [5.74, 6) is 0.403. The van der Waals surface area contributed by atoms with Gasteiger partial charge < -0.3 is 10.4 Å². The van der Waals surface area contributed by atoms with Gasteiger partial charge in [0.2, 0.25) is 0 Å². The van der Waals surface area contributed by atoms with Crippen molar-refractivity contribution in [2.24, 2.45) is 5.92 Å². The predicted octanol–water partition coefficient (Wildman–Crippen LogP) is 1.89. The maximum absolute atomic E-state index is 13.6. The number of anilines is 1. The van der Waals surface area contributed by atoms with E-state index < -0.39 is 0 Å². The first kappa shape index (κ1) is 12.2. The van der Waals surface area contributed by atoms with Gasteiger partial charge in [-0.15, -0.1) is 0 Å². The van der Waals surface area contributed by atoms with Gasteiger partial charge in [-0.3, -0.25) is 0 Å². The molecule has 1 aromatic rings. The van der Waals surface area contributed by atoms with Crippen LogP contribution in [0.5, 0.6) is 0 Å². The van der Waals surface area contributed by atoms with Gasteiger partial charge in [0.1, 0.15) is 6.33 Å². The van der Waals surface area contributed by atoms with Crippen molar-refractivity contribution in [3.63, 3.8) is 0 Å². The number of nitrogens with zero attached hydrogens (tertiary/aromatic N) is 2. The number of aliphatic hydroxyl groups is 1. The second kappa shape index (κ2) is 5.40. The number of aryl methyl sites for hydroxylation is 1. The lowest BCUT2D eigenvalue weighted by Gasteiger charge is -2.25. The van der Waals surface area contributed by atoms with Gasteiger partial charge in [0.05, 0.1) is 11.8 Å². The van der Waals surface area contributed by atoms with E-state index in [2.05, 4.69) is 15.3 Å². The Morgan fingerprint density at radius 2 is 2.06 bits per heavy atom. The highest BCUT2D eigenvalue weighted by atomic mass is 19.1. The molecule has 1 fully saturated rings. The van der Waals surface area contributed by atoms with Gasteiger partial charge in [0.25, 0.3) is 0 Å². The first-order valence-electron chi connectivity index (χ1n) is 6.06. The first-order valence-corrected chi connectivity index (χ1v) is 6.06. The number of hydrogen-bond donors (Lipinski definition) is 2. The highest BCUT2D eigenvalue weighted by Gasteiger charge is 2.19. The van der Waals surface area contributed by atoms with E-state index in [4.69, 9.17) is 0 Å². The molecule has 5 heteroatoms. The van der Waals surface area contributed by atoms with Crippen LogP contribution in [0, 0.1) is 18.7 Å².